The maximum atomic E-state index is 12.6. The van der Waals surface area contributed by atoms with Crippen LogP contribution in [-0.2, 0) is 12.7 Å². The predicted octanol–water partition coefficient (Wildman–Crippen LogP) is 5.55. The van der Waals surface area contributed by atoms with E-state index in [2.05, 4.69) is 32.2 Å². The first-order chi connectivity index (χ1) is 14.0. The van der Waals surface area contributed by atoms with Gasteiger partial charge >= 0.3 is 6.18 Å². The summed E-state index contributed by atoms with van der Waals surface area (Å²) in [7, 11) is 0. The first-order valence-electron chi connectivity index (χ1n) is 8.95. The fourth-order valence-corrected chi connectivity index (χ4v) is 3.08. The molecule has 4 aromatic rings. The molecule has 0 amide bonds. The number of pyridine rings is 1. The molecule has 0 saturated carbocycles. The Labute approximate surface area is 165 Å². The van der Waals surface area contributed by atoms with Gasteiger partial charge in [-0.2, -0.15) is 18.3 Å². The Bertz CT molecular complexity index is 1130. The normalized spacial score (nSPS) is 12.0. The lowest BCUT2D eigenvalue weighted by Crippen LogP contribution is -2.05. The minimum absolute atomic E-state index is 0.238. The molecule has 0 aliphatic rings. The second-order valence-electron chi connectivity index (χ2n) is 6.51. The molecule has 0 aliphatic heterocycles. The summed E-state index contributed by atoms with van der Waals surface area (Å²) in [5.41, 5.74) is 5.04. The molecule has 0 fully saturated rings. The van der Waals surface area contributed by atoms with Crippen LogP contribution in [0.5, 0.6) is 0 Å². The van der Waals surface area contributed by atoms with Crippen molar-refractivity contribution in [1.29, 1.82) is 0 Å². The number of hydrogen-bond donors (Lipinski definition) is 1. The number of aromatic nitrogens is 2. The molecule has 4 nitrogen and oxygen atoms in total. The predicted molar refractivity (Wildman–Crippen MR) is 108 cm³/mol. The van der Waals surface area contributed by atoms with Crippen molar-refractivity contribution in [2.24, 2.45) is 5.10 Å². The molecule has 1 N–H and O–H groups in total. The number of anilines is 1. The van der Waals surface area contributed by atoms with Crippen LogP contribution < -0.4 is 5.43 Å². The van der Waals surface area contributed by atoms with E-state index in [9.17, 15) is 13.2 Å². The van der Waals surface area contributed by atoms with Crippen LogP contribution in [0.15, 0.2) is 84.2 Å². The SMILES string of the molecule is FC(F)(F)c1ccc(N/N=C\c2cn(Cc3ccccc3)c3ccccc23)nc1. The average Bonchev–Trinajstić information content (AvgIpc) is 3.06. The Morgan fingerprint density at radius 1 is 0.966 bits per heavy atom. The highest BCUT2D eigenvalue weighted by Gasteiger charge is 2.30. The Morgan fingerprint density at radius 2 is 1.72 bits per heavy atom. The highest BCUT2D eigenvalue weighted by atomic mass is 19.4. The third-order valence-corrected chi connectivity index (χ3v) is 4.49. The molecule has 2 aromatic heterocycles. The maximum absolute atomic E-state index is 12.6. The molecule has 0 radical (unpaired) electrons. The van der Waals surface area contributed by atoms with E-state index in [0.29, 0.717) is 0 Å². The van der Waals surface area contributed by atoms with Gasteiger partial charge < -0.3 is 4.57 Å². The van der Waals surface area contributed by atoms with Crippen molar-refractivity contribution in [2.45, 2.75) is 12.7 Å². The topological polar surface area (TPSA) is 42.2 Å². The van der Waals surface area contributed by atoms with Gasteiger partial charge in [-0.1, -0.05) is 48.5 Å². The third-order valence-electron chi connectivity index (χ3n) is 4.49. The number of nitrogens with zero attached hydrogens (tertiary/aromatic N) is 3. The summed E-state index contributed by atoms with van der Waals surface area (Å²) in [6.45, 7) is 0.725. The number of hydrogen-bond acceptors (Lipinski definition) is 3. The molecule has 0 saturated heterocycles. The Balaban J connectivity index is 1.55. The van der Waals surface area contributed by atoms with Crippen molar-refractivity contribution in [1.82, 2.24) is 9.55 Å². The largest absolute Gasteiger partial charge is 0.417 e. The lowest BCUT2D eigenvalue weighted by Gasteiger charge is -2.06. The van der Waals surface area contributed by atoms with Crippen molar-refractivity contribution in [3.63, 3.8) is 0 Å². The molecule has 146 valence electrons. The molecule has 0 bridgehead atoms. The summed E-state index contributed by atoms with van der Waals surface area (Å²) in [4.78, 5) is 3.75. The lowest BCUT2D eigenvalue weighted by molar-refractivity contribution is -0.137. The van der Waals surface area contributed by atoms with Crippen LogP contribution in [0.1, 0.15) is 16.7 Å². The molecule has 0 spiro atoms. The van der Waals surface area contributed by atoms with Gasteiger partial charge in [0.05, 0.1) is 11.8 Å². The van der Waals surface area contributed by atoms with Crippen LogP contribution >= 0.6 is 0 Å². The molecule has 4 rings (SSSR count). The van der Waals surface area contributed by atoms with E-state index in [1.165, 1.54) is 11.6 Å². The molecular formula is C22H17F3N4. The van der Waals surface area contributed by atoms with Gasteiger partial charge in [0, 0.05) is 35.4 Å². The zero-order chi connectivity index (χ0) is 20.3. The van der Waals surface area contributed by atoms with Crippen molar-refractivity contribution < 1.29 is 13.2 Å². The summed E-state index contributed by atoms with van der Waals surface area (Å²) < 4.78 is 40.0. The third kappa shape index (κ3) is 4.29. The number of nitrogens with one attached hydrogen (secondary N) is 1. The van der Waals surface area contributed by atoms with Gasteiger partial charge in [0.15, 0.2) is 0 Å². The first kappa shape index (κ1) is 18.7. The van der Waals surface area contributed by atoms with Crippen LogP contribution in [0.3, 0.4) is 0 Å². The van der Waals surface area contributed by atoms with E-state index in [-0.39, 0.29) is 5.82 Å². The summed E-state index contributed by atoms with van der Waals surface area (Å²) in [6.07, 6.45) is 0.0190. The quantitative estimate of drug-likeness (QED) is 0.356. The number of para-hydroxylation sites is 1. The van der Waals surface area contributed by atoms with E-state index >= 15 is 0 Å². The van der Waals surface area contributed by atoms with Crippen molar-refractivity contribution >= 4 is 22.9 Å². The number of benzene rings is 2. The first-order valence-corrected chi connectivity index (χ1v) is 8.95. The summed E-state index contributed by atoms with van der Waals surface area (Å²) in [5, 5.41) is 5.18. The molecule has 0 aliphatic carbocycles. The van der Waals surface area contributed by atoms with Crippen LogP contribution in [0.2, 0.25) is 0 Å². The van der Waals surface area contributed by atoms with Crippen molar-refractivity contribution in [3.05, 3.63) is 95.8 Å². The number of alkyl halides is 3. The van der Waals surface area contributed by atoms with Gasteiger partial charge in [0.2, 0.25) is 0 Å². The maximum Gasteiger partial charge on any atom is 0.417 e. The highest BCUT2D eigenvalue weighted by molar-refractivity contribution is 5.99. The Morgan fingerprint density at radius 3 is 2.45 bits per heavy atom. The fourth-order valence-electron chi connectivity index (χ4n) is 3.08. The molecule has 29 heavy (non-hydrogen) atoms. The van der Waals surface area contributed by atoms with Crippen LogP contribution in [0, 0.1) is 0 Å². The van der Waals surface area contributed by atoms with E-state index in [1.54, 1.807) is 6.21 Å². The second-order valence-corrected chi connectivity index (χ2v) is 6.51. The molecule has 7 heteroatoms. The second kappa shape index (κ2) is 7.79. The van der Waals surface area contributed by atoms with Gasteiger partial charge in [0.1, 0.15) is 5.82 Å². The fraction of sp³-hybridized carbons (Fsp3) is 0.0909. The number of rotatable bonds is 5. The smallest absolute Gasteiger partial charge is 0.342 e. The lowest BCUT2D eigenvalue weighted by atomic mass is 10.2. The highest BCUT2D eigenvalue weighted by Crippen LogP contribution is 2.28. The summed E-state index contributed by atoms with van der Waals surface area (Å²) in [5.74, 6) is 0.238. The van der Waals surface area contributed by atoms with E-state index in [4.69, 9.17) is 0 Å². The Kier molecular flexibility index (Phi) is 5.03. The van der Waals surface area contributed by atoms with Crippen LogP contribution in [-0.4, -0.2) is 15.8 Å². The van der Waals surface area contributed by atoms with E-state index in [0.717, 1.165) is 35.3 Å². The van der Waals surface area contributed by atoms with Crippen molar-refractivity contribution in [3.8, 4) is 0 Å². The van der Waals surface area contributed by atoms with Gasteiger partial charge in [-0.25, -0.2) is 4.98 Å². The number of fused-ring (bicyclic) bond motifs is 1. The standard InChI is InChI=1S/C22H17F3N4/c23-22(24,25)18-10-11-21(26-13-18)28-27-12-17-15-29(14-16-6-2-1-3-7-16)20-9-5-4-8-19(17)20/h1-13,15H,14H2,(H,26,28)/b27-12-. The molecule has 2 aromatic carbocycles. The Hall–Kier alpha value is -3.61. The van der Waals surface area contributed by atoms with Crippen molar-refractivity contribution in [2.75, 3.05) is 5.43 Å². The number of halogens is 3. The van der Waals surface area contributed by atoms with Gasteiger partial charge in [0.25, 0.3) is 0 Å². The summed E-state index contributed by atoms with van der Waals surface area (Å²) in [6, 6.07) is 20.3. The average molecular weight is 394 g/mol. The number of hydrazone groups is 1. The molecule has 0 unspecified atom stereocenters. The van der Waals surface area contributed by atoms with Gasteiger partial charge in [-0.3, -0.25) is 5.43 Å². The van der Waals surface area contributed by atoms with Gasteiger partial charge in [-0.05, 0) is 23.8 Å². The summed E-state index contributed by atoms with van der Waals surface area (Å²) >= 11 is 0. The van der Waals surface area contributed by atoms with Crippen LogP contribution in [0.4, 0.5) is 19.0 Å². The molecule has 0 atom stereocenters. The van der Waals surface area contributed by atoms with Crippen LogP contribution in [0.25, 0.3) is 10.9 Å². The zero-order valence-corrected chi connectivity index (χ0v) is 15.3. The monoisotopic (exact) mass is 394 g/mol. The molecular weight excluding hydrogens is 377 g/mol. The van der Waals surface area contributed by atoms with E-state index in [1.807, 2.05) is 48.7 Å². The minimum atomic E-state index is -4.41. The minimum Gasteiger partial charge on any atom is -0.342 e. The zero-order valence-electron chi connectivity index (χ0n) is 15.3. The van der Waals surface area contributed by atoms with Gasteiger partial charge in [-0.15, -0.1) is 0 Å². The van der Waals surface area contributed by atoms with E-state index < -0.39 is 11.7 Å². The molecule has 2 heterocycles.